The highest BCUT2D eigenvalue weighted by molar-refractivity contribution is 4.82. The van der Waals surface area contributed by atoms with E-state index in [0.29, 0.717) is 0 Å². The summed E-state index contributed by atoms with van der Waals surface area (Å²) >= 11 is 0. The van der Waals surface area contributed by atoms with E-state index in [0.717, 1.165) is 6.42 Å². The third kappa shape index (κ3) is 0.612. The van der Waals surface area contributed by atoms with Gasteiger partial charge in [-0.2, -0.15) is 0 Å². The van der Waals surface area contributed by atoms with Crippen LogP contribution in [0.25, 0.3) is 0 Å². The second-order valence-corrected chi connectivity index (χ2v) is 0.966. The highest BCUT2D eigenvalue weighted by Gasteiger charge is 1.78. The van der Waals surface area contributed by atoms with Gasteiger partial charge < -0.3 is 4.74 Å². The van der Waals surface area contributed by atoms with E-state index in [1.807, 2.05) is 0 Å². The molecule has 1 heteroatoms. The topological polar surface area (TPSA) is 9.23 Å². The molecule has 0 aromatic rings. The molecule has 0 saturated carbocycles. The monoisotopic (exact) mass is 80.0 g/mol. The second-order valence-electron chi connectivity index (χ2n) is 0.966. The first kappa shape index (κ1) is 3.47. The zero-order valence-corrected chi connectivity index (χ0v) is 3.27. The van der Waals surface area contributed by atoms with Crippen molar-refractivity contribution in [3.05, 3.63) is 24.7 Å². The minimum absolute atomic E-state index is 0.833. The summed E-state index contributed by atoms with van der Waals surface area (Å²) < 4.78 is 4.53. The summed E-state index contributed by atoms with van der Waals surface area (Å²) in [6.07, 6.45) is 9.47. The second kappa shape index (κ2) is 1.65. The Morgan fingerprint density at radius 2 is 2.67 bits per heavy atom. The van der Waals surface area contributed by atoms with Crippen molar-refractivity contribution in [2.75, 3.05) is 0 Å². The molecular weight excluding hydrogens is 76.1 g/mol. The predicted molar refractivity (Wildman–Crippen MR) is 21.3 cm³/mol. The van der Waals surface area contributed by atoms with E-state index in [-0.39, 0.29) is 0 Å². The molecule has 1 heterocycles. The fourth-order valence-corrected chi connectivity index (χ4v) is 0.273. The van der Waals surface area contributed by atoms with Crippen molar-refractivity contribution < 1.29 is 4.74 Å². The van der Waals surface area contributed by atoms with Crippen molar-refractivity contribution >= 4 is 0 Å². The van der Waals surface area contributed by atoms with Gasteiger partial charge in [0.15, 0.2) is 6.26 Å². The van der Waals surface area contributed by atoms with Gasteiger partial charge in [-0.25, -0.2) is 0 Å². The zero-order valence-electron chi connectivity index (χ0n) is 3.27. The molecule has 6 heavy (non-hydrogen) atoms. The van der Waals surface area contributed by atoms with E-state index in [9.17, 15) is 0 Å². The Balaban J connectivity index is 2.40. The minimum atomic E-state index is 0.833. The average Bonchev–Trinajstić information content (AvgIpc) is 1.72. The molecule has 0 N–H and O–H groups in total. The van der Waals surface area contributed by atoms with Crippen molar-refractivity contribution in [2.24, 2.45) is 0 Å². The summed E-state index contributed by atoms with van der Waals surface area (Å²) in [5, 5.41) is 0. The summed E-state index contributed by atoms with van der Waals surface area (Å²) in [7, 11) is 0. The van der Waals surface area contributed by atoms with Gasteiger partial charge in [-0.3, -0.25) is 0 Å². The molecule has 30 valence electrons. The molecule has 0 aromatic carbocycles. The van der Waals surface area contributed by atoms with Crippen molar-refractivity contribution in [2.45, 2.75) is 6.42 Å². The number of hydrogen-bond donors (Lipinski definition) is 0. The van der Waals surface area contributed by atoms with Crippen LogP contribution in [0.1, 0.15) is 6.42 Å². The normalized spacial score (nSPS) is 17.3. The van der Waals surface area contributed by atoms with E-state index in [1.165, 1.54) is 6.26 Å². The Morgan fingerprint density at radius 3 is 2.83 bits per heavy atom. The first-order valence-electron chi connectivity index (χ1n) is 1.78. The molecule has 0 spiro atoms. The first-order chi connectivity index (χ1) is 3.00. The molecule has 1 aliphatic rings. The van der Waals surface area contributed by atoms with Crippen molar-refractivity contribution in [3.8, 4) is 0 Å². The number of ether oxygens (including phenoxy) is 1. The van der Waals surface area contributed by atoms with Gasteiger partial charge in [-0.15, -0.1) is 0 Å². The lowest BCUT2D eigenvalue weighted by molar-refractivity contribution is 0.363. The molecule has 2 radical (unpaired) electrons. The maximum Gasteiger partial charge on any atom is 0.165 e. The van der Waals surface area contributed by atoms with Crippen molar-refractivity contribution in [1.29, 1.82) is 0 Å². The van der Waals surface area contributed by atoms with Gasteiger partial charge in [0.2, 0.25) is 0 Å². The Labute approximate surface area is 36.9 Å². The standard InChI is InChI=1S/C5H4O/c1-2-4-6-5-3-1/h2,5H,1H2. The summed E-state index contributed by atoms with van der Waals surface area (Å²) in [6, 6.07) is 0. The van der Waals surface area contributed by atoms with Crippen LogP contribution in [0.3, 0.4) is 0 Å². The van der Waals surface area contributed by atoms with E-state index < -0.39 is 0 Å². The fourth-order valence-electron chi connectivity index (χ4n) is 0.273. The lowest BCUT2D eigenvalue weighted by Gasteiger charge is -1.89. The molecule has 1 aliphatic heterocycles. The summed E-state index contributed by atoms with van der Waals surface area (Å²) in [5.74, 6) is 0. The van der Waals surface area contributed by atoms with Gasteiger partial charge in [-0.1, -0.05) is 0 Å². The van der Waals surface area contributed by atoms with Crippen LogP contribution in [0.2, 0.25) is 0 Å². The minimum Gasteiger partial charge on any atom is -0.461 e. The Hall–Kier alpha value is -0.720. The van der Waals surface area contributed by atoms with Crippen molar-refractivity contribution in [1.82, 2.24) is 0 Å². The van der Waals surface area contributed by atoms with Crippen LogP contribution in [-0.4, -0.2) is 0 Å². The molecule has 0 bridgehead atoms. The molecule has 1 nitrogen and oxygen atoms in total. The fraction of sp³-hybridized carbons (Fsp3) is 0.200. The first-order valence-corrected chi connectivity index (χ1v) is 1.78. The van der Waals surface area contributed by atoms with E-state index in [4.69, 9.17) is 0 Å². The molecule has 0 fully saturated rings. The highest BCUT2D eigenvalue weighted by atomic mass is 16.5. The smallest absolute Gasteiger partial charge is 0.165 e. The molecule has 1 rings (SSSR count). The predicted octanol–water partition coefficient (Wildman–Crippen LogP) is 1.04. The van der Waals surface area contributed by atoms with E-state index in [1.54, 1.807) is 6.08 Å². The lowest BCUT2D eigenvalue weighted by atomic mass is 10.4. The van der Waals surface area contributed by atoms with Gasteiger partial charge in [0.1, 0.15) is 0 Å². The lowest BCUT2D eigenvalue weighted by Crippen LogP contribution is -1.73. The number of hydrogen-bond acceptors (Lipinski definition) is 1. The third-order valence-corrected chi connectivity index (χ3v) is 0.514. The van der Waals surface area contributed by atoms with E-state index in [2.05, 4.69) is 17.1 Å². The van der Waals surface area contributed by atoms with Crippen molar-refractivity contribution in [3.63, 3.8) is 0 Å². The van der Waals surface area contributed by atoms with Crippen LogP contribution in [0.15, 0.2) is 12.3 Å². The number of rotatable bonds is 0. The molecule has 0 unspecified atom stereocenters. The Kier molecular flexibility index (Phi) is 0.955. The highest BCUT2D eigenvalue weighted by Crippen LogP contribution is 1.91. The number of allylic oxidation sites excluding steroid dienone is 2. The molecule has 0 aromatic heterocycles. The summed E-state index contributed by atoms with van der Waals surface area (Å²) in [6.45, 7) is 0. The SMILES string of the molecule is [C]1=CC[C]=CO1. The maximum atomic E-state index is 4.53. The molecule has 0 atom stereocenters. The van der Waals surface area contributed by atoms with Crippen LogP contribution in [0, 0.1) is 12.3 Å². The van der Waals surface area contributed by atoms with E-state index >= 15 is 0 Å². The van der Waals surface area contributed by atoms with Gasteiger partial charge in [0.25, 0.3) is 0 Å². The van der Waals surface area contributed by atoms with Crippen LogP contribution in [0.5, 0.6) is 0 Å². The Bertz CT molecular complexity index is 61.9. The molecule has 0 aliphatic carbocycles. The molecule has 0 amide bonds. The molecular formula is C5H4O. The van der Waals surface area contributed by atoms with Gasteiger partial charge in [0.05, 0.1) is 6.26 Å². The van der Waals surface area contributed by atoms with Crippen LogP contribution in [0.4, 0.5) is 0 Å². The summed E-state index contributed by atoms with van der Waals surface area (Å²) in [4.78, 5) is 0. The van der Waals surface area contributed by atoms with Gasteiger partial charge >= 0.3 is 0 Å². The summed E-state index contributed by atoms with van der Waals surface area (Å²) in [5.41, 5.74) is 0. The van der Waals surface area contributed by atoms with Crippen LogP contribution in [-0.2, 0) is 4.74 Å². The van der Waals surface area contributed by atoms with Crippen LogP contribution >= 0.6 is 0 Å². The van der Waals surface area contributed by atoms with Crippen LogP contribution < -0.4 is 0 Å². The average molecular weight is 80.1 g/mol. The van der Waals surface area contributed by atoms with Gasteiger partial charge in [-0.05, 0) is 18.6 Å². The maximum absolute atomic E-state index is 4.53. The quantitative estimate of drug-likeness (QED) is 0.422. The van der Waals surface area contributed by atoms with Gasteiger partial charge in [0, 0.05) is 0 Å². The zero-order chi connectivity index (χ0) is 4.24. The molecule has 0 saturated heterocycles. The largest absolute Gasteiger partial charge is 0.461 e. The Morgan fingerprint density at radius 1 is 1.67 bits per heavy atom. The third-order valence-electron chi connectivity index (χ3n) is 0.514.